The maximum absolute atomic E-state index is 12.4. The summed E-state index contributed by atoms with van der Waals surface area (Å²) in [4.78, 5) is 21.7. The van der Waals surface area contributed by atoms with E-state index in [1.165, 1.54) is 11.8 Å². The van der Waals surface area contributed by atoms with Crippen molar-refractivity contribution in [3.63, 3.8) is 0 Å². The molecule has 0 aliphatic heterocycles. The molecule has 2 aromatic rings. The summed E-state index contributed by atoms with van der Waals surface area (Å²) in [6, 6.07) is 0. The minimum Gasteiger partial charge on any atom is -0.369 e. The van der Waals surface area contributed by atoms with E-state index in [4.69, 9.17) is 0 Å². The lowest BCUT2D eigenvalue weighted by Gasteiger charge is -2.15. The number of hydrogen-bond donors (Lipinski definition) is 2. The van der Waals surface area contributed by atoms with Crippen molar-refractivity contribution in [3.8, 4) is 0 Å². The second kappa shape index (κ2) is 11.2. The Bertz CT molecular complexity index is 754. The van der Waals surface area contributed by atoms with Crippen LogP contribution in [0, 0.1) is 11.8 Å². The van der Waals surface area contributed by atoms with Crippen LogP contribution in [0.25, 0.3) is 11.0 Å². The summed E-state index contributed by atoms with van der Waals surface area (Å²) in [6.45, 7) is 10.6. The van der Waals surface area contributed by atoms with Gasteiger partial charge in [0.1, 0.15) is 5.82 Å². The van der Waals surface area contributed by atoms with Crippen molar-refractivity contribution in [1.82, 2.24) is 25.1 Å². The number of fused-ring (bicyclic) bond motifs is 1. The normalized spacial score (nSPS) is 11.5. The number of carbonyl (C=O) groups excluding carboxylic acids is 1. The highest BCUT2D eigenvalue weighted by atomic mass is 32.2. The fraction of sp³-hybridized carbons (Fsp3) is 0.700. The van der Waals surface area contributed by atoms with E-state index in [1.54, 1.807) is 6.20 Å². The Balaban J connectivity index is 2.08. The maximum atomic E-state index is 12.4. The van der Waals surface area contributed by atoms with Gasteiger partial charge in [0.25, 0.3) is 0 Å². The summed E-state index contributed by atoms with van der Waals surface area (Å²) in [5.74, 6) is 1.61. The number of carbonyl (C=O) groups is 1. The van der Waals surface area contributed by atoms with Gasteiger partial charge in [0.15, 0.2) is 10.8 Å². The van der Waals surface area contributed by atoms with Crippen molar-refractivity contribution in [2.24, 2.45) is 11.8 Å². The van der Waals surface area contributed by atoms with E-state index in [9.17, 15) is 4.79 Å². The molecule has 2 heterocycles. The van der Waals surface area contributed by atoms with E-state index >= 15 is 0 Å². The number of aromatic nitrogens is 4. The molecule has 156 valence electrons. The number of anilines is 1. The van der Waals surface area contributed by atoms with E-state index in [2.05, 4.69) is 53.4 Å². The molecule has 0 bridgehead atoms. The molecular weight excluding hydrogens is 372 g/mol. The second-order valence-electron chi connectivity index (χ2n) is 7.50. The van der Waals surface area contributed by atoms with Crippen LogP contribution in [0.4, 0.5) is 5.82 Å². The molecule has 0 aliphatic carbocycles. The van der Waals surface area contributed by atoms with Crippen LogP contribution in [0.1, 0.15) is 53.4 Å². The van der Waals surface area contributed by atoms with Crippen LogP contribution >= 0.6 is 11.8 Å². The first-order chi connectivity index (χ1) is 13.5. The summed E-state index contributed by atoms with van der Waals surface area (Å²) in [5, 5.41) is 12.6. The molecule has 0 aromatic carbocycles. The maximum Gasteiger partial charge on any atom is 0.223 e. The Kier molecular flexibility index (Phi) is 9.02. The van der Waals surface area contributed by atoms with Gasteiger partial charge in [0.2, 0.25) is 5.91 Å². The van der Waals surface area contributed by atoms with E-state index in [0.29, 0.717) is 19.0 Å². The van der Waals surface area contributed by atoms with Crippen LogP contribution in [-0.2, 0) is 11.3 Å². The van der Waals surface area contributed by atoms with Crippen molar-refractivity contribution in [1.29, 1.82) is 0 Å². The summed E-state index contributed by atoms with van der Waals surface area (Å²) in [6.07, 6.45) is 7.72. The van der Waals surface area contributed by atoms with Crippen molar-refractivity contribution >= 4 is 34.5 Å². The SMILES string of the molecule is CCCC(CCC)C(=O)NCCn1ncc2c(NCC(C)C)nc(SC)nc21. The molecule has 0 spiro atoms. The fourth-order valence-electron chi connectivity index (χ4n) is 3.16. The first kappa shape index (κ1) is 22.5. The fourth-order valence-corrected chi connectivity index (χ4v) is 3.52. The molecule has 0 aliphatic rings. The average molecular weight is 407 g/mol. The van der Waals surface area contributed by atoms with E-state index in [1.807, 2.05) is 10.9 Å². The number of hydrogen-bond acceptors (Lipinski definition) is 6. The van der Waals surface area contributed by atoms with E-state index < -0.39 is 0 Å². The van der Waals surface area contributed by atoms with Gasteiger partial charge in [-0.25, -0.2) is 14.6 Å². The van der Waals surface area contributed by atoms with Gasteiger partial charge >= 0.3 is 0 Å². The highest BCUT2D eigenvalue weighted by Crippen LogP contribution is 2.23. The third-order valence-corrected chi connectivity index (χ3v) is 5.15. The van der Waals surface area contributed by atoms with Crippen molar-refractivity contribution in [3.05, 3.63) is 6.20 Å². The Morgan fingerprint density at radius 1 is 1.21 bits per heavy atom. The van der Waals surface area contributed by atoms with Crippen LogP contribution < -0.4 is 10.6 Å². The van der Waals surface area contributed by atoms with Crippen LogP contribution in [0.3, 0.4) is 0 Å². The third-order valence-electron chi connectivity index (χ3n) is 4.60. The highest BCUT2D eigenvalue weighted by molar-refractivity contribution is 7.98. The monoisotopic (exact) mass is 406 g/mol. The molecule has 1 amide bonds. The van der Waals surface area contributed by atoms with E-state index in [0.717, 1.165) is 54.2 Å². The summed E-state index contributed by atoms with van der Waals surface area (Å²) in [5.41, 5.74) is 0.804. The van der Waals surface area contributed by atoms with E-state index in [-0.39, 0.29) is 11.8 Å². The van der Waals surface area contributed by atoms with Crippen LogP contribution in [-0.4, -0.2) is 45.0 Å². The third kappa shape index (κ3) is 6.09. The molecule has 0 saturated carbocycles. The Labute approximate surface area is 172 Å². The van der Waals surface area contributed by atoms with Gasteiger partial charge in [-0.2, -0.15) is 5.10 Å². The molecule has 0 atom stereocenters. The number of thioether (sulfide) groups is 1. The Morgan fingerprint density at radius 3 is 2.54 bits per heavy atom. The first-order valence-corrected chi connectivity index (χ1v) is 11.5. The van der Waals surface area contributed by atoms with Gasteiger partial charge < -0.3 is 10.6 Å². The summed E-state index contributed by atoms with van der Waals surface area (Å²) in [7, 11) is 0. The molecule has 8 heteroatoms. The molecule has 2 rings (SSSR count). The van der Waals surface area contributed by atoms with Crippen molar-refractivity contribution in [2.45, 2.75) is 65.1 Å². The van der Waals surface area contributed by atoms with Crippen LogP contribution in [0.2, 0.25) is 0 Å². The molecule has 2 N–H and O–H groups in total. The van der Waals surface area contributed by atoms with Crippen molar-refractivity contribution < 1.29 is 4.79 Å². The van der Waals surface area contributed by atoms with Gasteiger partial charge in [-0.3, -0.25) is 4.79 Å². The van der Waals surface area contributed by atoms with Crippen LogP contribution in [0.5, 0.6) is 0 Å². The molecule has 2 aromatic heterocycles. The van der Waals surface area contributed by atoms with Crippen LogP contribution in [0.15, 0.2) is 11.4 Å². The van der Waals surface area contributed by atoms with Gasteiger partial charge in [0.05, 0.1) is 18.1 Å². The van der Waals surface area contributed by atoms with Gasteiger partial charge in [-0.05, 0) is 25.0 Å². The molecule has 7 nitrogen and oxygen atoms in total. The first-order valence-electron chi connectivity index (χ1n) is 10.3. The van der Waals surface area contributed by atoms with Crippen molar-refractivity contribution in [2.75, 3.05) is 24.7 Å². The Hall–Kier alpha value is -1.83. The number of rotatable bonds is 12. The molecule has 28 heavy (non-hydrogen) atoms. The predicted octanol–water partition coefficient (Wildman–Crippen LogP) is 3.95. The van der Waals surface area contributed by atoms with Gasteiger partial charge in [0, 0.05) is 19.0 Å². The standard InChI is InChI=1S/C20H34N6OS/c1-6-8-15(9-7-2)19(27)21-10-11-26-18-16(13-23-26)17(22-12-14(3)4)24-20(25-18)28-5/h13-15H,6-12H2,1-5H3,(H,21,27)(H,22,24,25). The molecule has 0 unspecified atom stereocenters. The summed E-state index contributed by atoms with van der Waals surface area (Å²) >= 11 is 1.51. The topological polar surface area (TPSA) is 84.7 Å². The molecule has 0 radical (unpaired) electrons. The minimum atomic E-state index is 0.113. The minimum absolute atomic E-state index is 0.113. The zero-order chi connectivity index (χ0) is 20.5. The average Bonchev–Trinajstić information content (AvgIpc) is 3.08. The number of amides is 1. The lowest BCUT2D eigenvalue weighted by molar-refractivity contribution is -0.125. The zero-order valence-electron chi connectivity index (χ0n) is 17.8. The lowest BCUT2D eigenvalue weighted by atomic mass is 9.97. The number of nitrogens with one attached hydrogen (secondary N) is 2. The smallest absolute Gasteiger partial charge is 0.223 e. The molecular formula is C20H34N6OS. The largest absolute Gasteiger partial charge is 0.369 e. The lowest BCUT2D eigenvalue weighted by Crippen LogP contribution is -2.33. The van der Waals surface area contributed by atoms with Gasteiger partial charge in [-0.1, -0.05) is 52.3 Å². The molecule has 0 fully saturated rings. The quantitative estimate of drug-likeness (QED) is 0.410. The summed E-state index contributed by atoms with van der Waals surface area (Å²) < 4.78 is 1.85. The van der Waals surface area contributed by atoms with Gasteiger partial charge in [-0.15, -0.1) is 0 Å². The second-order valence-corrected chi connectivity index (χ2v) is 8.28. The predicted molar refractivity (Wildman–Crippen MR) is 117 cm³/mol. The highest BCUT2D eigenvalue weighted by Gasteiger charge is 2.17. The Morgan fingerprint density at radius 2 is 1.93 bits per heavy atom. The molecule has 0 saturated heterocycles. The zero-order valence-corrected chi connectivity index (χ0v) is 18.6. The number of nitrogens with zero attached hydrogens (tertiary/aromatic N) is 4.